The molecule has 0 saturated heterocycles. The monoisotopic (exact) mass is 263 g/mol. The second-order valence-electron chi connectivity index (χ2n) is 4.39. The maximum atomic E-state index is 11.1. The van der Waals surface area contributed by atoms with Gasteiger partial charge in [-0.3, -0.25) is 10.0 Å². The molecule has 1 aromatic carbocycles. The number of amides is 1. The first kappa shape index (κ1) is 15.2. The zero-order valence-electron chi connectivity index (χ0n) is 11.5. The second kappa shape index (κ2) is 8.32. The predicted octanol–water partition coefficient (Wildman–Crippen LogP) is 3.16. The largest absolute Gasteiger partial charge is 0.494 e. The summed E-state index contributed by atoms with van der Waals surface area (Å²) >= 11 is 0. The number of unbranched alkanes of at least 4 members (excludes halogenated alkanes) is 2. The summed E-state index contributed by atoms with van der Waals surface area (Å²) in [5.41, 5.74) is 2.94. The fraction of sp³-hybridized carbons (Fsp3) is 0.400. The van der Waals surface area contributed by atoms with Crippen molar-refractivity contribution in [3.63, 3.8) is 0 Å². The highest BCUT2D eigenvalue weighted by Gasteiger charge is 2.01. The van der Waals surface area contributed by atoms with E-state index in [2.05, 4.69) is 6.92 Å². The molecule has 0 atom stereocenters. The molecule has 0 bridgehead atoms. The highest BCUT2D eigenvalue weighted by molar-refractivity contribution is 5.96. The summed E-state index contributed by atoms with van der Waals surface area (Å²) in [6, 6.07) is 7.51. The van der Waals surface area contributed by atoms with Gasteiger partial charge in [-0.25, -0.2) is 5.48 Å². The maximum Gasteiger partial charge on any atom is 0.270 e. The summed E-state index contributed by atoms with van der Waals surface area (Å²) in [6.45, 7) is 4.53. The zero-order chi connectivity index (χ0) is 14.1. The lowest BCUT2D eigenvalue weighted by Gasteiger charge is -2.06. The Morgan fingerprint density at radius 1 is 1.32 bits per heavy atom. The average molecular weight is 263 g/mol. The van der Waals surface area contributed by atoms with Crippen molar-refractivity contribution in [1.29, 1.82) is 0 Å². The van der Waals surface area contributed by atoms with Crippen LogP contribution in [0.15, 0.2) is 29.8 Å². The Labute approximate surface area is 114 Å². The van der Waals surface area contributed by atoms with E-state index >= 15 is 0 Å². The van der Waals surface area contributed by atoms with Gasteiger partial charge in [-0.2, -0.15) is 0 Å². The zero-order valence-corrected chi connectivity index (χ0v) is 11.5. The van der Waals surface area contributed by atoms with E-state index in [1.54, 1.807) is 18.5 Å². The Balaban J connectivity index is 2.54. The first-order valence-electron chi connectivity index (χ1n) is 6.53. The van der Waals surface area contributed by atoms with Crippen LogP contribution >= 0.6 is 0 Å². The first-order chi connectivity index (χ1) is 9.17. The van der Waals surface area contributed by atoms with E-state index in [1.807, 2.05) is 24.3 Å². The summed E-state index contributed by atoms with van der Waals surface area (Å²) in [5, 5.41) is 8.51. The molecule has 2 N–H and O–H groups in total. The van der Waals surface area contributed by atoms with E-state index in [0.29, 0.717) is 5.57 Å². The lowest BCUT2D eigenvalue weighted by atomic mass is 10.1. The third kappa shape index (κ3) is 5.57. The number of rotatable bonds is 7. The molecule has 0 fully saturated rings. The van der Waals surface area contributed by atoms with Crippen molar-refractivity contribution in [3.05, 3.63) is 35.4 Å². The second-order valence-corrected chi connectivity index (χ2v) is 4.39. The van der Waals surface area contributed by atoms with Crippen LogP contribution in [0.3, 0.4) is 0 Å². The van der Waals surface area contributed by atoms with Gasteiger partial charge >= 0.3 is 0 Å². The van der Waals surface area contributed by atoms with Crippen molar-refractivity contribution in [2.24, 2.45) is 0 Å². The normalized spacial score (nSPS) is 11.2. The van der Waals surface area contributed by atoms with Crippen LogP contribution in [0.4, 0.5) is 0 Å². The third-order valence-electron chi connectivity index (χ3n) is 2.74. The van der Waals surface area contributed by atoms with E-state index in [4.69, 9.17) is 9.94 Å². The average Bonchev–Trinajstić information content (AvgIpc) is 2.44. The van der Waals surface area contributed by atoms with E-state index in [9.17, 15) is 4.79 Å². The van der Waals surface area contributed by atoms with Gasteiger partial charge in [0.05, 0.1) is 6.61 Å². The minimum atomic E-state index is -0.500. The van der Waals surface area contributed by atoms with E-state index in [-0.39, 0.29) is 0 Å². The predicted molar refractivity (Wildman–Crippen MR) is 75.0 cm³/mol. The molecule has 0 heterocycles. The van der Waals surface area contributed by atoms with E-state index in [0.717, 1.165) is 24.3 Å². The summed E-state index contributed by atoms with van der Waals surface area (Å²) in [7, 11) is 0. The molecule has 0 aromatic heterocycles. The summed E-state index contributed by atoms with van der Waals surface area (Å²) in [4.78, 5) is 11.1. The number of hydroxylamine groups is 1. The molecule has 1 rings (SSSR count). The molecule has 0 aliphatic heterocycles. The first-order valence-corrected chi connectivity index (χ1v) is 6.53. The Morgan fingerprint density at radius 2 is 2.00 bits per heavy atom. The van der Waals surface area contributed by atoms with Gasteiger partial charge in [0, 0.05) is 5.57 Å². The minimum absolute atomic E-state index is 0.444. The summed E-state index contributed by atoms with van der Waals surface area (Å²) < 4.78 is 5.60. The smallest absolute Gasteiger partial charge is 0.270 e. The lowest BCUT2D eigenvalue weighted by molar-refractivity contribution is -0.125. The van der Waals surface area contributed by atoms with Gasteiger partial charge in [-0.1, -0.05) is 31.9 Å². The lowest BCUT2D eigenvalue weighted by Crippen LogP contribution is -2.19. The molecule has 0 saturated carbocycles. The molecule has 104 valence electrons. The Morgan fingerprint density at radius 3 is 2.58 bits per heavy atom. The molecule has 0 unspecified atom stereocenters. The molecule has 19 heavy (non-hydrogen) atoms. The van der Waals surface area contributed by atoms with Crippen LogP contribution in [-0.4, -0.2) is 17.7 Å². The summed E-state index contributed by atoms with van der Waals surface area (Å²) in [6.07, 6.45) is 5.12. The summed E-state index contributed by atoms with van der Waals surface area (Å²) in [5.74, 6) is 0.331. The molecule has 0 aliphatic rings. The van der Waals surface area contributed by atoms with Gasteiger partial charge < -0.3 is 4.74 Å². The van der Waals surface area contributed by atoms with Crippen LogP contribution in [0.2, 0.25) is 0 Å². The number of nitrogens with one attached hydrogen (secondary N) is 1. The number of ether oxygens (including phenoxy) is 1. The van der Waals surface area contributed by atoms with Gasteiger partial charge in [0.15, 0.2) is 0 Å². The van der Waals surface area contributed by atoms with Crippen LogP contribution in [0.25, 0.3) is 6.08 Å². The highest BCUT2D eigenvalue weighted by Crippen LogP contribution is 2.15. The molecule has 1 amide bonds. The van der Waals surface area contributed by atoms with Crippen molar-refractivity contribution in [1.82, 2.24) is 5.48 Å². The third-order valence-corrected chi connectivity index (χ3v) is 2.74. The van der Waals surface area contributed by atoms with Crippen molar-refractivity contribution >= 4 is 12.0 Å². The van der Waals surface area contributed by atoms with Crippen molar-refractivity contribution in [3.8, 4) is 5.75 Å². The molecule has 1 aromatic rings. The molecule has 0 radical (unpaired) electrons. The standard InChI is InChI=1S/C15H21NO3/c1-3-4-5-10-19-14-8-6-13(7-9-14)11-12(2)15(17)16-18/h6-9,11,18H,3-5,10H2,1-2H3,(H,16,17). The van der Waals surface area contributed by atoms with Crippen molar-refractivity contribution in [2.45, 2.75) is 33.1 Å². The minimum Gasteiger partial charge on any atom is -0.494 e. The van der Waals surface area contributed by atoms with Crippen LogP contribution in [0.5, 0.6) is 5.75 Å². The van der Waals surface area contributed by atoms with Crippen molar-refractivity contribution in [2.75, 3.05) is 6.61 Å². The molecule has 0 spiro atoms. The molecule has 4 heteroatoms. The number of carbonyl (C=O) groups is 1. The molecular weight excluding hydrogens is 242 g/mol. The van der Waals surface area contributed by atoms with Gasteiger partial charge in [0.1, 0.15) is 5.75 Å². The van der Waals surface area contributed by atoms with Crippen LogP contribution < -0.4 is 10.2 Å². The van der Waals surface area contributed by atoms with Crippen LogP contribution in [0.1, 0.15) is 38.7 Å². The highest BCUT2D eigenvalue weighted by atomic mass is 16.5. The van der Waals surface area contributed by atoms with Gasteiger partial charge in [-0.15, -0.1) is 0 Å². The van der Waals surface area contributed by atoms with Crippen LogP contribution in [-0.2, 0) is 4.79 Å². The van der Waals surface area contributed by atoms with Crippen molar-refractivity contribution < 1.29 is 14.7 Å². The van der Waals surface area contributed by atoms with E-state index < -0.39 is 5.91 Å². The van der Waals surface area contributed by atoms with E-state index in [1.165, 1.54) is 12.8 Å². The molecule has 4 nitrogen and oxygen atoms in total. The number of hydrogen-bond acceptors (Lipinski definition) is 3. The fourth-order valence-corrected chi connectivity index (χ4v) is 1.61. The Hall–Kier alpha value is -1.81. The van der Waals surface area contributed by atoms with Gasteiger partial charge in [0.2, 0.25) is 0 Å². The van der Waals surface area contributed by atoms with Crippen LogP contribution in [0, 0.1) is 0 Å². The Kier molecular flexibility index (Phi) is 6.68. The number of benzene rings is 1. The topological polar surface area (TPSA) is 58.6 Å². The number of carbonyl (C=O) groups excluding carboxylic acids is 1. The fourth-order valence-electron chi connectivity index (χ4n) is 1.61. The maximum absolute atomic E-state index is 11.1. The van der Waals surface area contributed by atoms with Gasteiger partial charge in [-0.05, 0) is 37.1 Å². The SMILES string of the molecule is CCCCCOc1ccc(C=C(C)C(=O)NO)cc1. The van der Waals surface area contributed by atoms with Gasteiger partial charge in [0.25, 0.3) is 5.91 Å². The molecule has 0 aliphatic carbocycles. The Bertz CT molecular complexity index is 424. The number of hydrogen-bond donors (Lipinski definition) is 2. The quantitative estimate of drug-likeness (QED) is 0.344. The molecular formula is C15H21NO3.